The second-order valence-electron chi connectivity index (χ2n) is 5.17. The Hall–Kier alpha value is -1.04. The lowest BCUT2D eigenvalue weighted by molar-refractivity contribution is 0.264. The molecule has 0 atom stereocenters. The number of ether oxygens (including phenoxy) is 1. The molecule has 0 bridgehead atoms. The maximum absolute atomic E-state index is 9.33. The molecular weight excluding hydrogens is 241 g/mol. The van der Waals surface area contributed by atoms with Gasteiger partial charge in [0.1, 0.15) is 5.75 Å². The monoisotopic (exact) mass is 263 g/mol. The van der Waals surface area contributed by atoms with Gasteiger partial charge < -0.3 is 19.7 Å². The smallest absolute Gasteiger partial charge is 0.492 e. The van der Waals surface area contributed by atoms with E-state index < -0.39 is 7.12 Å². The normalized spacial score (nSPS) is 15.7. The van der Waals surface area contributed by atoms with Gasteiger partial charge in [-0.25, -0.2) is 0 Å². The Morgan fingerprint density at radius 1 is 1.26 bits per heavy atom. The quantitative estimate of drug-likeness (QED) is 0.581. The second-order valence-corrected chi connectivity index (χ2v) is 5.17. The predicted octanol–water partition coefficient (Wildman–Crippen LogP) is 0.540. The average Bonchev–Trinajstić information content (AvgIpc) is 2.89. The lowest BCUT2D eigenvalue weighted by Gasteiger charge is -2.15. The van der Waals surface area contributed by atoms with Crippen molar-refractivity contribution in [2.75, 3.05) is 26.2 Å². The van der Waals surface area contributed by atoms with E-state index in [9.17, 15) is 10.0 Å². The number of likely N-dealkylation sites (tertiary alicyclic amines) is 1. The van der Waals surface area contributed by atoms with Crippen molar-refractivity contribution in [1.29, 1.82) is 0 Å². The summed E-state index contributed by atoms with van der Waals surface area (Å²) in [5, 5.41) is 18.7. The van der Waals surface area contributed by atoms with Gasteiger partial charge in [0.05, 0.1) is 6.61 Å². The minimum Gasteiger partial charge on any atom is -0.494 e. The van der Waals surface area contributed by atoms with Gasteiger partial charge in [-0.1, -0.05) is 17.7 Å². The van der Waals surface area contributed by atoms with Crippen LogP contribution in [0.4, 0.5) is 0 Å². The molecule has 0 amide bonds. The van der Waals surface area contributed by atoms with Crippen LogP contribution in [0.1, 0.15) is 24.8 Å². The number of rotatable bonds is 6. The molecule has 1 aliphatic rings. The molecule has 1 aromatic carbocycles. The van der Waals surface area contributed by atoms with Crippen LogP contribution in [0, 0.1) is 6.92 Å². The Morgan fingerprint density at radius 2 is 2.00 bits per heavy atom. The summed E-state index contributed by atoms with van der Waals surface area (Å²) in [7, 11) is -1.48. The number of nitrogens with zero attached hydrogens (tertiary/aromatic N) is 1. The Kier molecular flexibility index (Phi) is 5.25. The molecule has 0 aliphatic carbocycles. The summed E-state index contributed by atoms with van der Waals surface area (Å²) in [4.78, 5) is 2.44. The molecule has 2 N–H and O–H groups in total. The summed E-state index contributed by atoms with van der Waals surface area (Å²) in [6.45, 7) is 5.99. The van der Waals surface area contributed by atoms with Crippen LogP contribution in [0.3, 0.4) is 0 Å². The molecule has 1 saturated heterocycles. The molecule has 19 heavy (non-hydrogen) atoms. The minimum absolute atomic E-state index is 0.446. The van der Waals surface area contributed by atoms with Crippen molar-refractivity contribution in [2.24, 2.45) is 0 Å². The van der Waals surface area contributed by atoms with Crippen molar-refractivity contribution in [1.82, 2.24) is 4.90 Å². The van der Waals surface area contributed by atoms with Crippen molar-refractivity contribution in [3.63, 3.8) is 0 Å². The van der Waals surface area contributed by atoms with Crippen molar-refractivity contribution in [3.8, 4) is 5.75 Å². The molecule has 0 radical (unpaired) electrons. The lowest BCUT2D eigenvalue weighted by Crippen LogP contribution is -2.32. The Labute approximate surface area is 115 Å². The molecular formula is C14H22BNO3. The summed E-state index contributed by atoms with van der Waals surface area (Å²) in [5.41, 5.74) is 1.44. The van der Waals surface area contributed by atoms with Crippen LogP contribution in [-0.4, -0.2) is 48.3 Å². The molecule has 0 unspecified atom stereocenters. The fourth-order valence-corrected chi connectivity index (χ4v) is 2.48. The number of hydrogen-bond donors (Lipinski definition) is 2. The zero-order chi connectivity index (χ0) is 13.7. The van der Waals surface area contributed by atoms with Crippen LogP contribution in [0.15, 0.2) is 18.2 Å². The molecule has 0 saturated carbocycles. The molecule has 2 rings (SSSR count). The van der Waals surface area contributed by atoms with E-state index in [1.807, 2.05) is 13.0 Å². The second kappa shape index (κ2) is 6.94. The largest absolute Gasteiger partial charge is 0.494 e. The van der Waals surface area contributed by atoms with E-state index in [1.165, 1.54) is 25.9 Å². The lowest BCUT2D eigenvalue weighted by atomic mass is 9.79. The summed E-state index contributed by atoms with van der Waals surface area (Å²) in [6, 6.07) is 5.47. The van der Waals surface area contributed by atoms with E-state index in [2.05, 4.69) is 4.90 Å². The standard InChI is InChI=1S/C14H22BNO3/c1-12-5-6-14(13(11-12)15(17)18)19-10-4-9-16-7-2-3-8-16/h5-6,11,17-18H,2-4,7-10H2,1H3. The highest BCUT2D eigenvalue weighted by molar-refractivity contribution is 6.59. The van der Waals surface area contributed by atoms with E-state index in [0.29, 0.717) is 17.8 Å². The third kappa shape index (κ3) is 4.23. The fourth-order valence-electron chi connectivity index (χ4n) is 2.48. The van der Waals surface area contributed by atoms with Crippen LogP contribution < -0.4 is 10.2 Å². The van der Waals surface area contributed by atoms with Crippen LogP contribution >= 0.6 is 0 Å². The van der Waals surface area contributed by atoms with E-state index in [-0.39, 0.29) is 0 Å². The highest BCUT2D eigenvalue weighted by Gasteiger charge is 2.17. The summed E-state index contributed by atoms with van der Waals surface area (Å²) in [6.07, 6.45) is 3.58. The zero-order valence-corrected chi connectivity index (χ0v) is 11.5. The molecule has 0 spiro atoms. The Morgan fingerprint density at radius 3 is 2.68 bits per heavy atom. The highest BCUT2D eigenvalue weighted by Crippen LogP contribution is 2.11. The molecule has 0 aromatic heterocycles. The number of benzene rings is 1. The molecule has 104 valence electrons. The first-order chi connectivity index (χ1) is 9.16. The highest BCUT2D eigenvalue weighted by atomic mass is 16.5. The predicted molar refractivity (Wildman–Crippen MR) is 76.8 cm³/mol. The maximum Gasteiger partial charge on any atom is 0.492 e. The Balaban J connectivity index is 1.81. The number of aryl methyl sites for hydroxylation is 1. The van der Waals surface area contributed by atoms with Crippen molar-refractivity contribution < 1.29 is 14.8 Å². The van der Waals surface area contributed by atoms with Crippen LogP contribution in [0.5, 0.6) is 5.75 Å². The Bertz CT molecular complexity index is 406. The molecule has 4 nitrogen and oxygen atoms in total. The van der Waals surface area contributed by atoms with Crippen molar-refractivity contribution in [3.05, 3.63) is 23.8 Å². The SMILES string of the molecule is Cc1ccc(OCCCN2CCCC2)c(B(O)O)c1. The van der Waals surface area contributed by atoms with Gasteiger partial charge in [-0.15, -0.1) is 0 Å². The fraction of sp³-hybridized carbons (Fsp3) is 0.571. The zero-order valence-electron chi connectivity index (χ0n) is 11.5. The topological polar surface area (TPSA) is 52.9 Å². The van der Waals surface area contributed by atoms with Crippen LogP contribution in [0.25, 0.3) is 0 Å². The van der Waals surface area contributed by atoms with Gasteiger partial charge in [0, 0.05) is 12.0 Å². The van der Waals surface area contributed by atoms with E-state index in [0.717, 1.165) is 18.5 Å². The molecule has 1 heterocycles. The van der Waals surface area contributed by atoms with Gasteiger partial charge in [0.2, 0.25) is 0 Å². The summed E-state index contributed by atoms with van der Waals surface area (Å²) in [5.74, 6) is 0.571. The van der Waals surface area contributed by atoms with E-state index in [4.69, 9.17) is 4.74 Å². The van der Waals surface area contributed by atoms with Crippen LogP contribution in [-0.2, 0) is 0 Å². The van der Waals surface area contributed by atoms with Crippen LogP contribution in [0.2, 0.25) is 0 Å². The molecule has 1 aliphatic heterocycles. The number of hydrogen-bond acceptors (Lipinski definition) is 4. The van der Waals surface area contributed by atoms with Gasteiger partial charge in [-0.2, -0.15) is 0 Å². The first kappa shape index (κ1) is 14.4. The first-order valence-electron chi connectivity index (χ1n) is 6.98. The van der Waals surface area contributed by atoms with Gasteiger partial charge in [0.25, 0.3) is 0 Å². The molecule has 1 fully saturated rings. The molecule has 5 heteroatoms. The van der Waals surface area contributed by atoms with Gasteiger partial charge in [0.15, 0.2) is 0 Å². The van der Waals surface area contributed by atoms with E-state index >= 15 is 0 Å². The molecule has 1 aromatic rings. The van der Waals surface area contributed by atoms with Gasteiger partial charge in [-0.3, -0.25) is 0 Å². The minimum atomic E-state index is -1.48. The van der Waals surface area contributed by atoms with Crippen molar-refractivity contribution >= 4 is 12.6 Å². The first-order valence-corrected chi connectivity index (χ1v) is 6.98. The summed E-state index contributed by atoms with van der Waals surface area (Å²) < 4.78 is 5.67. The third-order valence-corrected chi connectivity index (χ3v) is 3.52. The van der Waals surface area contributed by atoms with Crippen molar-refractivity contribution in [2.45, 2.75) is 26.2 Å². The van der Waals surface area contributed by atoms with Gasteiger partial charge >= 0.3 is 7.12 Å². The summed E-state index contributed by atoms with van der Waals surface area (Å²) >= 11 is 0. The van der Waals surface area contributed by atoms with E-state index in [1.54, 1.807) is 12.1 Å². The third-order valence-electron chi connectivity index (χ3n) is 3.52. The maximum atomic E-state index is 9.33. The average molecular weight is 263 g/mol. The van der Waals surface area contributed by atoms with Gasteiger partial charge in [-0.05, 0) is 45.3 Å².